The zero-order valence-corrected chi connectivity index (χ0v) is 10.3. The van der Waals surface area contributed by atoms with Crippen molar-refractivity contribution in [1.29, 1.82) is 0 Å². The summed E-state index contributed by atoms with van der Waals surface area (Å²) in [5.41, 5.74) is 2.66. The van der Waals surface area contributed by atoms with Crippen molar-refractivity contribution in [3.63, 3.8) is 0 Å². The van der Waals surface area contributed by atoms with Crippen LogP contribution in [0, 0.1) is 0 Å². The third-order valence-corrected chi connectivity index (χ3v) is 2.81. The van der Waals surface area contributed by atoms with Crippen LogP contribution in [0.15, 0.2) is 48.9 Å². The van der Waals surface area contributed by atoms with E-state index in [4.69, 9.17) is 4.74 Å². The molecule has 0 saturated carbocycles. The van der Waals surface area contributed by atoms with Crippen LogP contribution in [0.4, 0.5) is 0 Å². The molecule has 0 aliphatic rings. The molecule has 94 valence electrons. The first-order chi connectivity index (χ1) is 9.28. The number of carbonyl (C=O) groups is 1. The van der Waals surface area contributed by atoms with E-state index < -0.39 is 0 Å². The molecule has 0 radical (unpaired) electrons. The Bertz CT molecular complexity index is 716. The number of nitrogens with zero attached hydrogens (tertiary/aromatic N) is 3. The minimum absolute atomic E-state index is 0.382. The van der Waals surface area contributed by atoms with Crippen LogP contribution in [0.2, 0.25) is 0 Å². The van der Waals surface area contributed by atoms with Gasteiger partial charge >= 0.3 is 5.97 Å². The Kier molecular flexibility index (Phi) is 2.72. The summed E-state index contributed by atoms with van der Waals surface area (Å²) >= 11 is 0. The molecule has 0 unspecified atom stereocenters. The van der Waals surface area contributed by atoms with E-state index in [-0.39, 0.29) is 5.97 Å². The van der Waals surface area contributed by atoms with Gasteiger partial charge < -0.3 is 9.14 Å². The monoisotopic (exact) mass is 253 g/mol. The lowest BCUT2D eigenvalue weighted by Crippen LogP contribution is -2.01. The molecule has 0 aromatic carbocycles. The van der Waals surface area contributed by atoms with Crippen LogP contribution in [-0.2, 0) is 4.74 Å². The third-order valence-electron chi connectivity index (χ3n) is 2.81. The molecule has 0 aliphatic heterocycles. The van der Waals surface area contributed by atoms with E-state index >= 15 is 0 Å². The maximum atomic E-state index is 11.5. The number of carbonyl (C=O) groups excluding carboxylic acids is 1. The molecule has 19 heavy (non-hydrogen) atoms. The summed E-state index contributed by atoms with van der Waals surface area (Å²) < 4.78 is 6.60. The standard InChI is InChI=1S/C14H11N3O2/c1-19-14(18)10-5-6-15-11(8-10)12-9-17-7-3-2-4-13(17)16-12/h2-9H,1H3. The maximum Gasteiger partial charge on any atom is 0.337 e. The number of imidazole rings is 1. The van der Waals surface area contributed by atoms with E-state index in [0.29, 0.717) is 11.3 Å². The fourth-order valence-electron chi connectivity index (χ4n) is 1.87. The molecule has 0 fully saturated rings. The first kappa shape index (κ1) is 11.4. The van der Waals surface area contributed by atoms with Gasteiger partial charge in [-0.05, 0) is 24.3 Å². The zero-order chi connectivity index (χ0) is 13.2. The number of rotatable bonds is 2. The van der Waals surface area contributed by atoms with Crippen molar-refractivity contribution in [2.45, 2.75) is 0 Å². The second-order valence-corrected chi connectivity index (χ2v) is 4.01. The highest BCUT2D eigenvalue weighted by Gasteiger charge is 2.10. The lowest BCUT2D eigenvalue weighted by molar-refractivity contribution is 0.0600. The predicted octanol–water partition coefficient (Wildman–Crippen LogP) is 2.18. The van der Waals surface area contributed by atoms with E-state index in [0.717, 1.165) is 11.3 Å². The molecule has 5 heteroatoms. The summed E-state index contributed by atoms with van der Waals surface area (Å²) in [5, 5.41) is 0. The number of hydrogen-bond acceptors (Lipinski definition) is 4. The van der Waals surface area contributed by atoms with Crippen molar-refractivity contribution in [3.05, 3.63) is 54.5 Å². The van der Waals surface area contributed by atoms with E-state index in [1.54, 1.807) is 18.3 Å². The number of methoxy groups -OCH3 is 1. The molecule has 0 spiro atoms. The quantitative estimate of drug-likeness (QED) is 0.657. The zero-order valence-electron chi connectivity index (χ0n) is 10.3. The topological polar surface area (TPSA) is 56.5 Å². The van der Waals surface area contributed by atoms with Gasteiger partial charge in [0.2, 0.25) is 0 Å². The Morgan fingerprint density at radius 1 is 1.26 bits per heavy atom. The van der Waals surface area contributed by atoms with Crippen molar-refractivity contribution in [2.24, 2.45) is 0 Å². The fourth-order valence-corrected chi connectivity index (χ4v) is 1.87. The van der Waals surface area contributed by atoms with E-state index in [2.05, 4.69) is 9.97 Å². The Hall–Kier alpha value is -2.69. The van der Waals surface area contributed by atoms with Crippen LogP contribution in [0.5, 0.6) is 0 Å². The molecular weight excluding hydrogens is 242 g/mol. The van der Waals surface area contributed by atoms with Crippen molar-refractivity contribution >= 4 is 11.6 Å². The molecule has 0 atom stereocenters. The molecule has 0 bridgehead atoms. The number of hydrogen-bond donors (Lipinski definition) is 0. The normalized spacial score (nSPS) is 10.6. The van der Waals surface area contributed by atoms with Gasteiger partial charge in [0.15, 0.2) is 0 Å². The number of fused-ring (bicyclic) bond motifs is 1. The minimum atomic E-state index is -0.382. The van der Waals surface area contributed by atoms with Gasteiger partial charge in [-0.2, -0.15) is 0 Å². The van der Waals surface area contributed by atoms with Crippen LogP contribution in [0.25, 0.3) is 17.0 Å². The molecule has 3 heterocycles. The van der Waals surface area contributed by atoms with Crippen LogP contribution in [-0.4, -0.2) is 27.4 Å². The summed E-state index contributed by atoms with van der Waals surface area (Å²) in [6.07, 6.45) is 5.36. The fraction of sp³-hybridized carbons (Fsp3) is 0.0714. The average Bonchev–Trinajstić information content (AvgIpc) is 2.90. The van der Waals surface area contributed by atoms with Gasteiger partial charge in [-0.1, -0.05) is 6.07 Å². The van der Waals surface area contributed by atoms with Gasteiger partial charge in [-0.25, -0.2) is 9.78 Å². The lowest BCUT2D eigenvalue weighted by atomic mass is 10.2. The first-order valence-corrected chi connectivity index (χ1v) is 5.76. The highest BCUT2D eigenvalue weighted by molar-refractivity contribution is 5.90. The van der Waals surface area contributed by atoms with E-state index in [1.807, 2.05) is 35.0 Å². The summed E-state index contributed by atoms with van der Waals surface area (Å²) in [7, 11) is 1.35. The highest BCUT2D eigenvalue weighted by atomic mass is 16.5. The smallest absolute Gasteiger partial charge is 0.337 e. The van der Waals surface area contributed by atoms with Crippen molar-refractivity contribution in [3.8, 4) is 11.4 Å². The molecule has 0 amide bonds. The molecule has 3 aromatic rings. The predicted molar refractivity (Wildman–Crippen MR) is 69.8 cm³/mol. The summed E-state index contributed by atoms with van der Waals surface area (Å²) in [6.45, 7) is 0. The second kappa shape index (κ2) is 4.53. The summed E-state index contributed by atoms with van der Waals surface area (Å²) in [4.78, 5) is 20.2. The number of aromatic nitrogens is 3. The minimum Gasteiger partial charge on any atom is -0.465 e. The molecule has 3 rings (SSSR count). The summed E-state index contributed by atoms with van der Waals surface area (Å²) in [5.74, 6) is -0.382. The summed E-state index contributed by atoms with van der Waals surface area (Å²) in [6, 6.07) is 9.05. The Labute approximate surface area is 109 Å². The average molecular weight is 253 g/mol. The van der Waals surface area contributed by atoms with Gasteiger partial charge in [0.1, 0.15) is 11.3 Å². The molecular formula is C14H11N3O2. The first-order valence-electron chi connectivity index (χ1n) is 5.76. The Balaban J connectivity index is 2.08. The van der Waals surface area contributed by atoms with Crippen molar-refractivity contribution in [2.75, 3.05) is 7.11 Å². The molecule has 3 aromatic heterocycles. The van der Waals surface area contributed by atoms with E-state index in [9.17, 15) is 4.79 Å². The molecule has 0 saturated heterocycles. The largest absolute Gasteiger partial charge is 0.465 e. The SMILES string of the molecule is COC(=O)c1ccnc(-c2cn3ccccc3n2)c1. The molecule has 0 aliphatic carbocycles. The number of esters is 1. The number of pyridine rings is 2. The van der Waals surface area contributed by atoms with Gasteiger partial charge in [-0.15, -0.1) is 0 Å². The van der Waals surface area contributed by atoms with Gasteiger partial charge in [-0.3, -0.25) is 4.98 Å². The van der Waals surface area contributed by atoms with Crippen LogP contribution in [0.1, 0.15) is 10.4 Å². The van der Waals surface area contributed by atoms with Crippen LogP contribution in [0.3, 0.4) is 0 Å². The number of ether oxygens (including phenoxy) is 1. The molecule has 5 nitrogen and oxygen atoms in total. The van der Waals surface area contributed by atoms with Crippen molar-refractivity contribution < 1.29 is 9.53 Å². The van der Waals surface area contributed by atoms with Gasteiger partial charge in [0.05, 0.1) is 18.4 Å². The Morgan fingerprint density at radius 3 is 2.95 bits per heavy atom. The van der Waals surface area contributed by atoms with Crippen molar-refractivity contribution in [1.82, 2.24) is 14.4 Å². The van der Waals surface area contributed by atoms with Gasteiger partial charge in [0, 0.05) is 18.6 Å². The molecule has 0 N–H and O–H groups in total. The van der Waals surface area contributed by atoms with Gasteiger partial charge in [0.25, 0.3) is 0 Å². The second-order valence-electron chi connectivity index (χ2n) is 4.01. The van der Waals surface area contributed by atoms with E-state index in [1.165, 1.54) is 7.11 Å². The Morgan fingerprint density at radius 2 is 2.16 bits per heavy atom. The van der Waals surface area contributed by atoms with Crippen LogP contribution >= 0.6 is 0 Å². The van der Waals surface area contributed by atoms with Crippen LogP contribution < -0.4 is 0 Å². The lowest BCUT2D eigenvalue weighted by Gasteiger charge is -2.00. The third kappa shape index (κ3) is 2.06. The maximum absolute atomic E-state index is 11.5. The highest BCUT2D eigenvalue weighted by Crippen LogP contribution is 2.18.